The van der Waals surface area contributed by atoms with Crippen LogP contribution in [0.15, 0.2) is 42.4 Å². The molecular formula is C14H14Br2O6. The maximum Gasteiger partial charge on any atom is 0.217 e. The third kappa shape index (κ3) is 4.21. The predicted molar refractivity (Wildman–Crippen MR) is 82.1 cm³/mol. The Morgan fingerprint density at radius 3 is 1.27 bits per heavy atom. The van der Waals surface area contributed by atoms with Crippen molar-refractivity contribution in [3.63, 3.8) is 0 Å². The van der Waals surface area contributed by atoms with E-state index in [1.165, 1.54) is 0 Å². The Kier molecular flexibility index (Phi) is 5.72. The first-order chi connectivity index (χ1) is 10.7. The zero-order chi connectivity index (χ0) is 15.4. The SMILES string of the molecule is Brc1ccc(C2OCCO2)o1.Brc1ccc(C2OCCO2)o1. The van der Waals surface area contributed by atoms with E-state index in [0.29, 0.717) is 35.8 Å². The summed E-state index contributed by atoms with van der Waals surface area (Å²) in [6.45, 7) is 2.57. The second-order valence-corrected chi connectivity index (χ2v) is 5.99. The van der Waals surface area contributed by atoms with Crippen molar-refractivity contribution >= 4 is 31.9 Å². The van der Waals surface area contributed by atoms with Crippen molar-refractivity contribution in [3.8, 4) is 0 Å². The largest absolute Gasteiger partial charge is 0.449 e. The average molecular weight is 438 g/mol. The molecule has 0 radical (unpaired) electrons. The number of rotatable bonds is 2. The highest BCUT2D eigenvalue weighted by molar-refractivity contribution is 9.10. The second-order valence-electron chi connectivity index (χ2n) is 4.43. The van der Waals surface area contributed by atoms with Crippen LogP contribution >= 0.6 is 31.9 Å². The normalized spacial score (nSPS) is 19.4. The van der Waals surface area contributed by atoms with Crippen LogP contribution in [-0.4, -0.2) is 26.4 Å². The monoisotopic (exact) mass is 436 g/mol. The van der Waals surface area contributed by atoms with Crippen molar-refractivity contribution in [2.45, 2.75) is 12.6 Å². The first-order valence-corrected chi connectivity index (χ1v) is 8.28. The molecule has 2 aromatic heterocycles. The Hall–Kier alpha value is -0.640. The molecule has 0 N–H and O–H groups in total. The molecule has 2 fully saturated rings. The Morgan fingerprint density at radius 1 is 0.636 bits per heavy atom. The van der Waals surface area contributed by atoms with Crippen molar-refractivity contribution in [3.05, 3.63) is 45.1 Å². The molecular weight excluding hydrogens is 424 g/mol. The van der Waals surface area contributed by atoms with Crippen molar-refractivity contribution in [1.29, 1.82) is 0 Å². The zero-order valence-corrected chi connectivity index (χ0v) is 14.7. The summed E-state index contributed by atoms with van der Waals surface area (Å²) in [6.07, 6.45) is -0.609. The standard InChI is InChI=1S/2C7H7BrO3/c2*8-6-2-1-5(11-6)7-9-3-4-10-7/h2*1-2,7H,3-4H2. The molecule has 2 aliphatic rings. The highest BCUT2D eigenvalue weighted by atomic mass is 79.9. The van der Waals surface area contributed by atoms with Gasteiger partial charge in [-0.3, -0.25) is 0 Å². The van der Waals surface area contributed by atoms with Gasteiger partial charge >= 0.3 is 0 Å². The van der Waals surface area contributed by atoms with Crippen LogP contribution in [0.1, 0.15) is 24.1 Å². The zero-order valence-electron chi connectivity index (χ0n) is 11.5. The third-order valence-corrected chi connectivity index (χ3v) is 3.75. The van der Waals surface area contributed by atoms with Crippen molar-refractivity contribution in [2.24, 2.45) is 0 Å². The molecule has 22 heavy (non-hydrogen) atoms. The fourth-order valence-corrected chi connectivity index (χ4v) is 2.59. The minimum atomic E-state index is -0.304. The summed E-state index contributed by atoms with van der Waals surface area (Å²) in [5.41, 5.74) is 0. The van der Waals surface area contributed by atoms with Gasteiger partial charge in [-0.05, 0) is 56.1 Å². The number of furan rings is 2. The van der Waals surface area contributed by atoms with E-state index in [-0.39, 0.29) is 12.6 Å². The van der Waals surface area contributed by atoms with Crippen molar-refractivity contribution < 1.29 is 27.8 Å². The highest BCUT2D eigenvalue weighted by Gasteiger charge is 2.21. The Morgan fingerprint density at radius 2 is 1.00 bits per heavy atom. The topological polar surface area (TPSA) is 63.2 Å². The van der Waals surface area contributed by atoms with Crippen LogP contribution in [0.25, 0.3) is 0 Å². The van der Waals surface area contributed by atoms with Crippen LogP contribution < -0.4 is 0 Å². The number of hydrogen-bond donors (Lipinski definition) is 0. The molecule has 6 nitrogen and oxygen atoms in total. The first-order valence-electron chi connectivity index (χ1n) is 6.69. The summed E-state index contributed by atoms with van der Waals surface area (Å²) in [5.74, 6) is 1.43. The first kappa shape index (κ1) is 16.2. The fraction of sp³-hybridized carbons (Fsp3) is 0.429. The molecule has 0 aromatic carbocycles. The quantitative estimate of drug-likeness (QED) is 0.702. The molecule has 0 amide bonds. The number of halogens is 2. The minimum Gasteiger partial charge on any atom is -0.449 e. The van der Waals surface area contributed by atoms with E-state index in [1.54, 1.807) is 0 Å². The molecule has 4 rings (SSSR count). The van der Waals surface area contributed by atoms with Crippen LogP contribution in [0.3, 0.4) is 0 Å². The Bertz CT molecular complexity index is 531. The molecule has 8 heteroatoms. The molecule has 0 aliphatic carbocycles. The van der Waals surface area contributed by atoms with E-state index in [0.717, 1.165) is 11.5 Å². The second kappa shape index (κ2) is 7.76. The fourth-order valence-electron chi connectivity index (χ4n) is 1.96. The minimum absolute atomic E-state index is 0.304. The van der Waals surface area contributed by atoms with Crippen LogP contribution in [-0.2, 0) is 18.9 Å². The van der Waals surface area contributed by atoms with Crippen molar-refractivity contribution in [1.82, 2.24) is 0 Å². The Labute approximate surface area is 143 Å². The lowest BCUT2D eigenvalue weighted by Gasteiger charge is -2.03. The third-order valence-electron chi connectivity index (χ3n) is 2.90. The molecule has 4 heterocycles. The van der Waals surface area contributed by atoms with Gasteiger partial charge in [0.05, 0.1) is 26.4 Å². The van der Waals surface area contributed by atoms with E-state index >= 15 is 0 Å². The lowest BCUT2D eigenvalue weighted by molar-refractivity contribution is -0.0594. The summed E-state index contributed by atoms with van der Waals surface area (Å²) >= 11 is 6.40. The molecule has 0 atom stereocenters. The van der Waals surface area contributed by atoms with Gasteiger partial charge in [0.15, 0.2) is 20.9 Å². The van der Waals surface area contributed by atoms with E-state index in [4.69, 9.17) is 27.8 Å². The van der Waals surface area contributed by atoms with E-state index in [9.17, 15) is 0 Å². The van der Waals surface area contributed by atoms with Gasteiger partial charge in [-0.1, -0.05) is 0 Å². The smallest absolute Gasteiger partial charge is 0.217 e. The molecule has 120 valence electrons. The van der Waals surface area contributed by atoms with Gasteiger partial charge in [0.1, 0.15) is 0 Å². The van der Waals surface area contributed by atoms with E-state index in [2.05, 4.69) is 31.9 Å². The summed E-state index contributed by atoms with van der Waals surface area (Å²) in [6, 6.07) is 7.31. The molecule has 2 aliphatic heterocycles. The van der Waals surface area contributed by atoms with Gasteiger partial charge in [-0.25, -0.2) is 0 Å². The summed E-state index contributed by atoms with van der Waals surface area (Å²) in [7, 11) is 0. The van der Waals surface area contributed by atoms with Gasteiger partial charge in [0.2, 0.25) is 12.6 Å². The van der Waals surface area contributed by atoms with Gasteiger partial charge in [0, 0.05) is 0 Å². The number of hydrogen-bond acceptors (Lipinski definition) is 6. The van der Waals surface area contributed by atoms with Crippen LogP contribution in [0.5, 0.6) is 0 Å². The summed E-state index contributed by atoms with van der Waals surface area (Å²) in [5, 5.41) is 0. The van der Waals surface area contributed by atoms with Gasteiger partial charge in [-0.2, -0.15) is 0 Å². The predicted octanol–water partition coefficient (Wildman–Crippen LogP) is 4.18. The van der Waals surface area contributed by atoms with Gasteiger partial charge in [0.25, 0.3) is 0 Å². The molecule has 0 unspecified atom stereocenters. The van der Waals surface area contributed by atoms with E-state index in [1.807, 2.05) is 24.3 Å². The molecule has 2 aromatic rings. The summed E-state index contributed by atoms with van der Waals surface area (Å²) < 4.78 is 32.7. The van der Waals surface area contributed by atoms with Crippen LogP contribution in [0, 0.1) is 0 Å². The van der Waals surface area contributed by atoms with Gasteiger partial charge < -0.3 is 27.8 Å². The molecule has 2 saturated heterocycles. The number of ether oxygens (including phenoxy) is 4. The van der Waals surface area contributed by atoms with Crippen molar-refractivity contribution in [2.75, 3.05) is 26.4 Å². The average Bonchev–Trinajstić information content (AvgIpc) is 3.28. The molecule has 0 saturated carbocycles. The highest BCUT2D eigenvalue weighted by Crippen LogP contribution is 2.27. The van der Waals surface area contributed by atoms with Crippen LogP contribution in [0.4, 0.5) is 0 Å². The summed E-state index contributed by atoms with van der Waals surface area (Å²) in [4.78, 5) is 0. The van der Waals surface area contributed by atoms with Gasteiger partial charge in [-0.15, -0.1) is 0 Å². The molecule has 0 bridgehead atoms. The molecule has 0 spiro atoms. The van der Waals surface area contributed by atoms with E-state index < -0.39 is 0 Å². The van der Waals surface area contributed by atoms with Crippen LogP contribution in [0.2, 0.25) is 0 Å². The Balaban J connectivity index is 0.000000131. The maximum atomic E-state index is 5.23. The lowest BCUT2D eigenvalue weighted by Crippen LogP contribution is -1.94. The maximum absolute atomic E-state index is 5.23. The lowest BCUT2D eigenvalue weighted by atomic mass is 10.4.